The van der Waals surface area contributed by atoms with Crippen LogP contribution in [0.25, 0.3) is 0 Å². The molecule has 0 aromatic carbocycles. The van der Waals surface area contributed by atoms with Crippen molar-refractivity contribution in [1.29, 1.82) is 0 Å². The van der Waals surface area contributed by atoms with Crippen molar-refractivity contribution in [3.63, 3.8) is 0 Å². The van der Waals surface area contributed by atoms with E-state index in [-0.39, 0.29) is 0 Å². The molecule has 0 fully saturated rings. The maximum atomic E-state index is 13.7. The fourth-order valence-electron chi connectivity index (χ4n) is 1.76. The van der Waals surface area contributed by atoms with Gasteiger partial charge in [-0.15, -0.1) is 0 Å². The second-order valence-electron chi connectivity index (χ2n) is 3.79. The lowest BCUT2D eigenvalue weighted by atomic mass is 10.0. The van der Waals surface area contributed by atoms with E-state index in [2.05, 4.69) is 15.3 Å². The SMILES string of the molecule is CCNC(c1ccc(F)cn1)c1ccncc1F. The Morgan fingerprint density at radius 1 is 1.22 bits per heavy atom. The molecule has 0 amide bonds. The summed E-state index contributed by atoms with van der Waals surface area (Å²) < 4.78 is 26.6. The standard InChI is InChI=1S/C13H13F2N3/c1-2-17-13(10-5-6-16-8-11(10)15)12-4-3-9(14)7-18-12/h3-8,13,17H,2H2,1H3. The van der Waals surface area contributed by atoms with Crippen LogP contribution in [0.5, 0.6) is 0 Å². The van der Waals surface area contributed by atoms with Gasteiger partial charge in [-0.2, -0.15) is 0 Å². The molecule has 0 saturated carbocycles. The predicted molar refractivity (Wildman–Crippen MR) is 63.9 cm³/mol. The van der Waals surface area contributed by atoms with Gasteiger partial charge in [-0.05, 0) is 24.7 Å². The first-order chi connectivity index (χ1) is 8.72. The number of halogens is 2. The van der Waals surface area contributed by atoms with Crippen LogP contribution >= 0.6 is 0 Å². The summed E-state index contributed by atoms with van der Waals surface area (Å²) in [7, 11) is 0. The summed E-state index contributed by atoms with van der Waals surface area (Å²) in [6, 6.07) is 4.04. The van der Waals surface area contributed by atoms with Gasteiger partial charge in [0.25, 0.3) is 0 Å². The summed E-state index contributed by atoms with van der Waals surface area (Å²) in [6.07, 6.45) is 3.80. The highest BCUT2D eigenvalue weighted by Gasteiger charge is 2.18. The Morgan fingerprint density at radius 3 is 2.67 bits per heavy atom. The number of rotatable bonds is 4. The molecule has 2 aromatic heterocycles. The van der Waals surface area contributed by atoms with Crippen LogP contribution in [-0.4, -0.2) is 16.5 Å². The monoisotopic (exact) mass is 249 g/mol. The summed E-state index contributed by atoms with van der Waals surface area (Å²) in [4.78, 5) is 7.70. The van der Waals surface area contributed by atoms with Crippen molar-refractivity contribution in [2.24, 2.45) is 0 Å². The maximum absolute atomic E-state index is 13.7. The number of hydrogen-bond donors (Lipinski definition) is 1. The minimum absolute atomic E-state index is 0.404. The van der Waals surface area contributed by atoms with Crippen molar-refractivity contribution >= 4 is 0 Å². The van der Waals surface area contributed by atoms with E-state index < -0.39 is 17.7 Å². The van der Waals surface area contributed by atoms with Gasteiger partial charge in [0.2, 0.25) is 0 Å². The molecule has 1 atom stereocenters. The van der Waals surface area contributed by atoms with Crippen molar-refractivity contribution in [1.82, 2.24) is 15.3 Å². The van der Waals surface area contributed by atoms with Gasteiger partial charge in [-0.3, -0.25) is 9.97 Å². The molecule has 18 heavy (non-hydrogen) atoms. The quantitative estimate of drug-likeness (QED) is 0.904. The number of aromatic nitrogens is 2. The first kappa shape index (κ1) is 12.6. The third-order valence-electron chi connectivity index (χ3n) is 2.57. The molecule has 1 unspecified atom stereocenters. The van der Waals surface area contributed by atoms with Crippen LogP contribution in [0, 0.1) is 11.6 Å². The fraction of sp³-hybridized carbons (Fsp3) is 0.231. The van der Waals surface area contributed by atoms with Gasteiger partial charge in [0.1, 0.15) is 11.6 Å². The molecule has 0 aliphatic carbocycles. The first-order valence-corrected chi connectivity index (χ1v) is 5.66. The molecule has 0 aliphatic heterocycles. The van der Waals surface area contributed by atoms with Crippen molar-refractivity contribution in [2.75, 3.05) is 6.54 Å². The first-order valence-electron chi connectivity index (χ1n) is 5.66. The second kappa shape index (κ2) is 5.64. The molecule has 0 radical (unpaired) electrons. The highest BCUT2D eigenvalue weighted by Crippen LogP contribution is 2.22. The van der Waals surface area contributed by atoms with Crippen molar-refractivity contribution < 1.29 is 8.78 Å². The molecule has 2 aromatic rings. The Morgan fingerprint density at radius 2 is 2.06 bits per heavy atom. The molecule has 0 spiro atoms. The molecule has 1 N–H and O–H groups in total. The molecule has 94 valence electrons. The van der Waals surface area contributed by atoms with Crippen molar-refractivity contribution in [3.8, 4) is 0 Å². The van der Waals surface area contributed by atoms with Gasteiger partial charge in [0.05, 0.1) is 24.1 Å². The minimum Gasteiger partial charge on any atom is -0.305 e. The summed E-state index contributed by atoms with van der Waals surface area (Å²) in [5.41, 5.74) is 1.02. The lowest BCUT2D eigenvalue weighted by Gasteiger charge is -2.18. The average molecular weight is 249 g/mol. The van der Waals surface area contributed by atoms with Gasteiger partial charge < -0.3 is 5.32 Å². The van der Waals surface area contributed by atoms with E-state index in [0.717, 1.165) is 12.4 Å². The van der Waals surface area contributed by atoms with E-state index in [0.29, 0.717) is 17.8 Å². The average Bonchev–Trinajstić information content (AvgIpc) is 2.38. The van der Waals surface area contributed by atoms with E-state index in [9.17, 15) is 8.78 Å². The summed E-state index contributed by atoms with van der Waals surface area (Å²) in [5, 5.41) is 3.12. The molecule has 5 heteroatoms. The molecule has 2 rings (SSSR count). The number of nitrogens with one attached hydrogen (secondary N) is 1. The van der Waals surface area contributed by atoms with Crippen LogP contribution in [0.2, 0.25) is 0 Å². The lowest BCUT2D eigenvalue weighted by Crippen LogP contribution is -2.24. The van der Waals surface area contributed by atoms with Gasteiger partial charge >= 0.3 is 0 Å². The topological polar surface area (TPSA) is 37.8 Å². The zero-order valence-corrected chi connectivity index (χ0v) is 9.90. The third-order valence-corrected chi connectivity index (χ3v) is 2.57. The van der Waals surface area contributed by atoms with Gasteiger partial charge in [0.15, 0.2) is 0 Å². The maximum Gasteiger partial charge on any atom is 0.146 e. The number of nitrogens with zero attached hydrogens (tertiary/aromatic N) is 2. The minimum atomic E-state index is -0.413. The van der Waals surface area contributed by atoms with Crippen LogP contribution in [-0.2, 0) is 0 Å². The fourth-order valence-corrected chi connectivity index (χ4v) is 1.76. The molecule has 2 heterocycles. The van der Waals surface area contributed by atoms with Gasteiger partial charge in [-0.1, -0.05) is 6.92 Å². The molecule has 0 saturated heterocycles. The summed E-state index contributed by atoms with van der Waals surface area (Å²) >= 11 is 0. The van der Waals surface area contributed by atoms with E-state index in [4.69, 9.17) is 0 Å². The van der Waals surface area contributed by atoms with E-state index in [1.807, 2.05) is 6.92 Å². The van der Waals surface area contributed by atoms with Gasteiger partial charge in [-0.25, -0.2) is 8.78 Å². The zero-order valence-electron chi connectivity index (χ0n) is 9.90. The van der Waals surface area contributed by atoms with Gasteiger partial charge in [0, 0.05) is 11.8 Å². The number of hydrogen-bond acceptors (Lipinski definition) is 3. The van der Waals surface area contributed by atoms with Crippen molar-refractivity contribution in [3.05, 3.63) is 59.7 Å². The van der Waals surface area contributed by atoms with Crippen molar-refractivity contribution in [2.45, 2.75) is 13.0 Å². The predicted octanol–water partition coefficient (Wildman–Crippen LogP) is 2.45. The highest BCUT2D eigenvalue weighted by molar-refractivity contribution is 5.27. The smallest absolute Gasteiger partial charge is 0.146 e. The summed E-state index contributed by atoms with van der Waals surface area (Å²) in [5.74, 6) is -0.821. The normalized spacial score (nSPS) is 12.4. The van der Waals surface area contributed by atoms with E-state index in [1.54, 1.807) is 12.1 Å². The molecule has 3 nitrogen and oxygen atoms in total. The van der Waals surface area contributed by atoms with E-state index in [1.165, 1.54) is 12.3 Å². The summed E-state index contributed by atoms with van der Waals surface area (Å²) in [6.45, 7) is 2.56. The van der Waals surface area contributed by atoms with E-state index >= 15 is 0 Å². The highest BCUT2D eigenvalue weighted by atomic mass is 19.1. The lowest BCUT2D eigenvalue weighted by molar-refractivity contribution is 0.545. The Kier molecular flexibility index (Phi) is 3.94. The molecular weight excluding hydrogens is 236 g/mol. The molecular formula is C13H13F2N3. The van der Waals surface area contributed by atoms with Crippen LogP contribution in [0.3, 0.4) is 0 Å². The Balaban J connectivity index is 2.40. The number of pyridine rings is 2. The Labute approximate surface area is 104 Å². The molecule has 0 aliphatic rings. The zero-order chi connectivity index (χ0) is 13.0. The Hall–Kier alpha value is -1.88. The van der Waals surface area contributed by atoms with Crippen LogP contribution in [0.1, 0.15) is 24.2 Å². The van der Waals surface area contributed by atoms with Crippen LogP contribution in [0.4, 0.5) is 8.78 Å². The second-order valence-corrected chi connectivity index (χ2v) is 3.79. The largest absolute Gasteiger partial charge is 0.305 e. The van der Waals surface area contributed by atoms with Crippen LogP contribution < -0.4 is 5.32 Å². The third kappa shape index (κ3) is 2.68. The van der Waals surface area contributed by atoms with Crippen LogP contribution in [0.15, 0.2) is 36.8 Å². The Bertz CT molecular complexity index is 514. The molecule has 0 bridgehead atoms.